The van der Waals surface area contributed by atoms with E-state index in [-0.39, 0.29) is 11.9 Å². The van der Waals surface area contributed by atoms with Crippen molar-refractivity contribution in [1.82, 2.24) is 5.32 Å². The molecule has 0 aromatic heterocycles. The van der Waals surface area contributed by atoms with E-state index in [9.17, 15) is 4.79 Å². The molecule has 1 aliphatic rings. The Hall–Kier alpha value is -0.610. The van der Waals surface area contributed by atoms with Gasteiger partial charge in [0.2, 0.25) is 5.91 Å². The molecule has 0 bridgehead atoms. The maximum atomic E-state index is 10.7. The fraction of sp³-hybridized carbons (Fsp3) is 0.857. The number of amides is 1. The Morgan fingerprint density at radius 1 is 1.82 bits per heavy atom. The predicted molar refractivity (Wildman–Crippen MR) is 41.0 cm³/mol. The molecule has 0 aromatic carbocycles. The lowest BCUT2D eigenvalue weighted by molar-refractivity contribution is -0.121. The molecule has 1 atom stereocenters. The summed E-state index contributed by atoms with van der Waals surface area (Å²) in [5.74, 6) is -0.334. The van der Waals surface area contributed by atoms with Crippen molar-refractivity contribution in [2.45, 2.75) is 24.9 Å². The molecule has 1 amide bonds. The number of methoxy groups -OCH3 is 1. The van der Waals surface area contributed by atoms with Gasteiger partial charge >= 0.3 is 0 Å². The van der Waals surface area contributed by atoms with Crippen LogP contribution in [0.2, 0.25) is 0 Å². The predicted octanol–water partition coefficient (Wildman–Crippen LogP) is -0.761. The third-order valence-electron chi connectivity index (χ3n) is 1.69. The van der Waals surface area contributed by atoms with Gasteiger partial charge in [-0.25, -0.2) is 0 Å². The van der Waals surface area contributed by atoms with Gasteiger partial charge in [-0.2, -0.15) is 0 Å². The number of hydrogen-bond acceptors (Lipinski definition) is 3. The standard InChI is InChI=1S/C7H14N2O2/c1-11-4-6(7(8)10)9-5-2-3-5/h5-6,9H,2-4H2,1H3,(H2,8,10). The molecule has 11 heavy (non-hydrogen) atoms. The normalized spacial score (nSPS) is 19.7. The number of nitrogens with one attached hydrogen (secondary N) is 1. The van der Waals surface area contributed by atoms with Crippen molar-refractivity contribution < 1.29 is 9.53 Å². The molecular weight excluding hydrogens is 144 g/mol. The van der Waals surface area contributed by atoms with Gasteiger partial charge in [0.05, 0.1) is 6.61 Å². The Morgan fingerprint density at radius 2 is 2.45 bits per heavy atom. The Labute approximate surface area is 66.1 Å². The molecule has 0 heterocycles. The van der Waals surface area contributed by atoms with Crippen LogP contribution >= 0.6 is 0 Å². The molecule has 1 rings (SSSR count). The molecule has 0 radical (unpaired) electrons. The maximum Gasteiger partial charge on any atom is 0.236 e. The lowest BCUT2D eigenvalue weighted by Crippen LogP contribution is -2.45. The third-order valence-corrected chi connectivity index (χ3v) is 1.69. The quantitative estimate of drug-likeness (QED) is 0.552. The topological polar surface area (TPSA) is 64.3 Å². The number of carbonyl (C=O) groups excluding carboxylic acids is 1. The highest BCUT2D eigenvalue weighted by Gasteiger charge is 2.26. The molecule has 1 unspecified atom stereocenters. The number of primary amides is 1. The zero-order valence-corrected chi connectivity index (χ0v) is 6.67. The zero-order valence-electron chi connectivity index (χ0n) is 6.67. The summed E-state index contributed by atoms with van der Waals surface area (Å²) in [6.07, 6.45) is 2.29. The molecule has 4 nitrogen and oxygen atoms in total. The van der Waals surface area contributed by atoms with Crippen molar-refractivity contribution in [3.63, 3.8) is 0 Å². The fourth-order valence-corrected chi connectivity index (χ4v) is 0.914. The van der Waals surface area contributed by atoms with Crippen molar-refractivity contribution in [2.24, 2.45) is 5.73 Å². The average molecular weight is 158 g/mol. The van der Waals surface area contributed by atoms with E-state index in [4.69, 9.17) is 10.5 Å². The summed E-state index contributed by atoms with van der Waals surface area (Å²) >= 11 is 0. The van der Waals surface area contributed by atoms with Crippen molar-refractivity contribution in [1.29, 1.82) is 0 Å². The average Bonchev–Trinajstić information content (AvgIpc) is 2.70. The molecule has 1 saturated carbocycles. The lowest BCUT2D eigenvalue weighted by Gasteiger charge is -2.12. The molecule has 4 heteroatoms. The smallest absolute Gasteiger partial charge is 0.236 e. The van der Waals surface area contributed by atoms with Crippen LogP contribution in [0, 0.1) is 0 Å². The van der Waals surface area contributed by atoms with Crippen molar-refractivity contribution in [2.75, 3.05) is 13.7 Å². The Balaban J connectivity index is 2.24. The molecule has 0 aliphatic heterocycles. The second-order valence-electron chi connectivity index (χ2n) is 2.85. The molecule has 3 N–H and O–H groups in total. The molecule has 0 aromatic rings. The van der Waals surface area contributed by atoms with E-state index in [1.165, 1.54) is 0 Å². The third kappa shape index (κ3) is 2.86. The van der Waals surface area contributed by atoms with Crippen LogP contribution < -0.4 is 11.1 Å². The lowest BCUT2D eigenvalue weighted by atomic mass is 10.3. The first-order valence-corrected chi connectivity index (χ1v) is 3.78. The highest BCUT2D eigenvalue weighted by Crippen LogP contribution is 2.19. The summed E-state index contributed by atoms with van der Waals surface area (Å²) in [7, 11) is 1.56. The van der Waals surface area contributed by atoms with Gasteiger partial charge in [-0.15, -0.1) is 0 Å². The minimum Gasteiger partial charge on any atom is -0.383 e. The second kappa shape index (κ2) is 3.69. The minimum absolute atomic E-state index is 0.313. The van der Waals surface area contributed by atoms with Crippen LogP contribution in [0.1, 0.15) is 12.8 Å². The van der Waals surface area contributed by atoms with Gasteiger partial charge in [0.15, 0.2) is 0 Å². The van der Waals surface area contributed by atoms with Crippen molar-refractivity contribution in [3.05, 3.63) is 0 Å². The van der Waals surface area contributed by atoms with Gasteiger partial charge in [0, 0.05) is 13.2 Å². The summed E-state index contributed by atoms with van der Waals surface area (Å²) in [6.45, 7) is 0.367. The van der Waals surface area contributed by atoms with Gasteiger partial charge in [0.25, 0.3) is 0 Å². The van der Waals surface area contributed by atoms with E-state index in [2.05, 4.69) is 5.32 Å². The first-order valence-electron chi connectivity index (χ1n) is 3.78. The van der Waals surface area contributed by atoms with Crippen LogP contribution in [0.25, 0.3) is 0 Å². The number of carbonyl (C=O) groups is 1. The zero-order chi connectivity index (χ0) is 8.27. The minimum atomic E-state index is -0.334. The number of ether oxygens (including phenoxy) is 1. The van der Waals surface area contributed by atoms with Gasteiger partial charge in [-0.1, -0.05) is 0 Å². The first-order chi connectivity index (χ1) is 5.24. The summed E-state index contributed by atoms with van der Waals surface area (Å²) in [6, 6.07) is 0.176. The fourth-order valence-electron chi connectivity index (χ4n) is 0.914. The number of rotatable bonds is 5. The van der Waals surface area contributed by atoms with Crippen LogP contribution in [-0.4, -0.2) is 31.7 Å². The first kappa shape index (κ1) is 8.49. The summed E-state index contributed by atoms with van der Waals surface area (Å²) in [5, 5.41) is 3.09. The molecule has 0 saturated heterocycles. The SMILES string of the molecule is COCC(NC1CC1)C(N)=O. The van der Waals surface area contributed by atoms with E-state index in [1.807, 2.05) is 0 Å². The Bertz CT molecular complexity index is 145. The molecule has 0 spiro atoms. The van der Waals surface area contributed by atoms with E-state index >= 15 is 0 Å². The molecular formula is C7H14N2O2. The second-order valence-corrected chi connectivity index (χ2v) is 2.85. The van der Waals surface area contributed by atoms with Crippen molar-refractivity contribution in [3.8, 4) is 0 Å². The summed E-state index contributed by atoms with van der Waals surface area (Å²) < 4.78 is 4.83. The van der Waals surface area contributed by atoms with Gasteiger partial charge in [-0.05, 0) is 12.8 Å². The molecule has 1 fully saturated rings. The van der Waals surface area contributed by atoms with E-state index in [0.29, 0.717) is 12.6 Å². The largest absolute Gasteiger partial charge is 0.383 e. The van der Waals surface area contributed by atoms with Crippen LogP contribution in [0.4, 0.5) is 0 Å². The number of hydrogen-bond donors (Lipinski definition) is 2. The van der Waals surface area contributed by atoms with E-state index in [0.717, 1.165) is 12.8 Å². The van der Waals surface area contributed by atoms with Crippen LogP contribution in [-0.2, 0) is 9.53 Å². The molecule has 1 aliphatic carbocycles. The monoisotopic (exact) mass is 158 g/mol. The van der Waals surface area contributed by atoms with Crippen LogP contribution in [0.5, 0.6) is 0 Å². The maximum absolute atomic E-state index is 10.7. The molecule has 64 valence electrons. The summed E-state index contributed by atoms with van der Waals surface area (Å²) in [5.41, 5.74) is 5.12. The Kier molecular flexibility index (Phi) is 2.84. The van der Waals surface area contributed by atoms with E-state index < -0.39 is 0 Å². The Morgan fingerprint density at radius 3 is 2.82 bits per heavy atom. The van der Waals surface area contributed by atoms with Crippen LogP contribution in [0.3, 0.4) is 0 Å². The van der Waals surface area contributed by atoms with Crippen LogP contribution in [0.15, 0.2) is 0 Å². The van der Waals surface area contributed by atoms with Gasteiger partial charge in [0.1, 0.15) is 6.04 Å². The van der Waals surface area contributed by atoms with Gasteiger partial charge in [-0.3, -0.25) is 4.79 Å². The summed E-state index contributed by atoms with van der Waals surface area (Å²) in [4.78, 5) is 10.7. The van der Waals surface area contributed by atoms with E-state index in [1.54, 1.807) is 7.11 Å². The number of nitrogens with two attached hydrogens (primary N) is 1. The van der Waals surface area contributed by atoms with Crippen molar-refractivity contribution >= 4 is 5.91 Å². The highest BCUT2D eigenvalue weighted by atomic mass is 16.5. The highest BCUT2D eigenvalue weighted by molar-refractivity contribution is 5.80. The van der Waals surface area contributed by atoms with Gasteiger partial charge < -0.3 is 15.8 Å².